The van der Waals surface area contributed by atoms with Crippen molar-refractivity contribution < 1.29 is 14.4 Å². The molecule has 45 heavy (non-hydrogen) atoms. The molecule has 0 aromatic carbocycles. The van der Waals surface area contributed by atoms with Crippen molar-refractivity contribution in [2.24, 2.45) is 0 Å². The van der Waals surface area contributed by atoms with Crippen LogP contribution in [0.4, 0.5) is 0 Å². The van der Waals surface area contributed by atoms with Crippen molar-refractivity contribution in [2.75, 3.05) is 51.8 Å². The molecule has 1 atom stereocenters. The van der Waals surface area contributed by atoms with Gasteiger partial charge in [0, 0.05) is 15.0 Å². The minimum absolute atomic E-state index is 0. The second kappa shape index (κ2) is 34.7. The monoisotopic (exact) mass is 690 g/mol. The van der Waals surface area contributed by atoms with Crippen LogP contribution in [-0.4, -0.2) is 89.4 Å². The predicted molar refractivity (Wildman–Crippen MR) is 210 cm³/mol. The molecule has 2 saturated heterocycles. The maximum Gasteiger partial charge on any atom is 0.143 e. The van der Waals surface area contributed by atoms with E-state index in [-0.39, 0.29) is 20.1 Å². The van der Waals surface area contributed by atoms with E-state index in [0.29, 0.717) is 30.4 Å². The zero-order valence-electron chi connectivity index (χ0n) is 29.5. The fourth-order valence-electron chi connectivity index (χ4n) is 4.78. The summed E-state index contributed by atoms with van der Waals surface area (Å²) in [5.41, 5.74) is 0. The van der Waals surface area contributed by atoms with E-state index in [1.807, 2.05) is 36.3 Å². The van der Waals surface area contributed by atoms with Crippen molar-refractivity contribution in [2.45, 2.75) is 145 Å². The highest BCUT2D eigenvalue weighted by Gasteiger charge is 2.11. The van der Waals surface area contributed by atoms with Gasteiger partial charge in [-0.25, -0.2) is 0 Å². The number of piperidine rings is 2. The van der Waals surface area contributed by atoms with Gasteiger partial charge in [-0.3, -0.25) is 24.2 Å². The van der Waals surface area contributed by atoms with Gasteiger partial charge in [0.05, 0.1) is 18.3 Å². The van der Waals surface area contributed by atoms with Gasteiger partial charge in [0.15, 0.2) is 0 Å². The Morgan fingerprint density at radius 2 is 1.13 bits per heavy atom. The number of thiophene rings is 1. The summed E-state index contributed by atoms with van der Waals surface area (Å²) in [6.45, 7) is 21.6. The molecule has 1 unspecified atom stereocenters. The first-order valence-corrected chi connectivity index (χ1v) is 19.9. The van der Waals surface area contributed by atoms with E-state index in [9.17, 15) is 14.4 Å². The molecule has 3 rings (SSSR count). The molecule has 1 aromatic heterocycles. The number of hydrogen-bond acceptors (Lipinski definition) is 8. The first-order valence-electron chi connectivity index (χ1n) is 16.5. The molecule has 2 fully saturated rings. The molecule has 3 heterocycles. The SMILES string of the molecule is C.C.CC(=O)CN1CCCCC1.CC(=O)CN1CCCCC1.CCC(CC)SC.CCC(SC)C(C)=O.CCc1ccc(C)s1. The van der Waals surface area contributed by atoms with Gasteiger partial charge in [-0.2, -0.15) is 23.5 Å². The van der Waals surface area contributed by atoms with E-state index < -0.39 is 0 Å². The smallest absolute Gasteiger partial charge is 0.143 e. The summed E-state index contributed by atoms with van der Waals surface area (Å²) in [6, 6.07) is 4.36. The molecule has 0 saturated carbocycles. The van der Waals surface area contributed by atoms with Crippen molar-refractivity contribution in [3.05, 3.63) is 21.9 Å². The first kappa shape index (κ1) is 51.2. The summed E-state index contributed by atoms with van der Waals surface area (Å²) in [4.78, 5) is 39.3. The first-order chi connectivity index (χ1) is 20.5. The van der Waals surface area contributed by atoms with E-state index in [2.05, 4.69) is 55.9 Å². The van der Waals surface area contributed by atoms with Crippen LogP contribution in [0.2, 0.25) is 0 Å². The van der Waals surface area contributed by atoms with Crippen LogP contribution in [-0.2, 0) is 20.8 Å². The molecule has 8 heteroatoms. The quantitative estimate of drug-likeness (QED) is 0.229. The Balaban J connectivity index is -0.000000233. The molecule has 0 N–H and O–H groups in total. The van der Waals surface area contributed by atoms with Crippen molar-refractivity contribution in [3.8, 4) is 0 Å². The molecule has 0 spiro atoms. The van der Waals surface area contributed by atoms with Crippen LogP contribution in [0.5, 0.6) is 0 Å². The van der Waals surface area contributed by atoms with Crippen LogP contribution >= 0.6 is 34.9 Å². The standard InChI is InChI=1S/2C8H15NO.C7H10S.C6H12OS.C6H14S.2CH4/c2*1-8(10)7-9-5-3-2-4-6-9;1-3-7-5-4-6(2)8-7;1-4-6(8-3)5(2)7;1-4-6(5-2)7-3;;/h2*2-7H2,1H3;4-5H,3H2,1-2H3;6H,4H2,1-3H3;6H,4-5H2,1-3H3;2*1H4. The molecular weight excluding hydrogens is 617 g/mol. The van der Waals surface area contributed by atoms with Gasteiger partial charge in [0.1, 0.15) is 17.3 Å². The number of thioether (sulfide) groups is 2. The van der Waals surface area contributed by atoms with E-state index in [0.717, 1.165) is 37.8 Å². The summed E-state index contributed by atoms with van der Waals surface area (Å²) in [5, 5.41) is 1.13. The van der Waals surface area contributed by atoms with Crippen LogP contribution in [0.3, 0.4) is 0 Å². The minimum Gasteiger partial charge on any atom is -0.299 e. The fourth-order valence-corrected chi connectivity index (χ4v) is 6.94. The number of aryl methyl sites for hydroxylation is 2. The number of Topliss-reactive ketones (excluding diaryl/α,β-unsaturated/α-hetero) is 3. The van der Waals surface area contributed by atoms with E-state index >= 15 is 0 Å². The zero-order valence-corrected chi connectivity index (χ0v) is 31.9. The van der Waals surface area contributed by atoms with E-state index in [1.165, 1.54) is 67.5 Å². The Hall–Kier alpha value is -0.670. The lowest BCUT2D eigenvalue weighted by atomic mass is 10.1. The molecule has 0 aliphatic carbocycles. The maximum atomic E-state index is 10.7. The van der Waals surface area contributed by atoms with Crippen molar-refractivity contribution in [1.82, 2.24) is 9.80 Å². The summed E-state index contributed by atoms with van der Waals surface area (Å²) in [6.07, 6.45) is 16.7. The van der Waals surface area contributed by atoms with Gasteiger partial charge >= 0.3 is 0 Å². The van der Waals surface area contributed by atoms with Crippen LogP contribution in [0.15, 0.2) is 12.1 Å². The Morgan fingerprint density at radius 1 is 0.711 bits per heavy atom. The number of likely N-dealkylation sites (tertiary alicyclic amines) is 2. The average Bonchev–Trinajstić information content (AvgIpc) is 3.42. The third kappa shape index (κ3) is 31.7. The summed E-state index contributed by atoms with van der Waals surface area (Å²) < 4.78 is 0. The Labute approximate surface area is 293 Å². The molecule has 5 nitrogen and oxygen atoms in total. The summed E-state index contributed by atoms with van der Waals surface area (Å²) in [7, 11) is 0. The van der Waals surface area contributed by atoms with Gasteiger partial charge in [0.2, 0.25) is 0 Å². The number of hydrogen-bond donors (Lipinski definition) is 0. The zero-order chi connectivity index (χ0) is 33.0. The lowest BCUT2D eigenvalue weighted by molar-refractivity contribution is -0.119. The second-order valence-electron chi connectivity index (χ2n) is 11.4. The molecule has 2 aliphatic rings. The van der Waals surface area contributed by atoms with Crippen LogP contribution in [0.25, 0.3) is 0 Å². The number of carbonyl (C=O) groups is 3. The van der Waals surface area contributed by atoms with Gasteiger partial charge < -0.3 is 0 Å². The van der Waals surface area contributed by atoms with Crippen molar-refractivity contribution >= 4 is 52.2 Å². The van der Waals surface area contributed by atoms with Gasteiger partial charge in [0.25, 0.3) is 0 Å². The molecular formula is C37H74N2O3S3. The van der Waals surface area contributed by atoms with E-state index in [4.69, 9.17) is 0 Å². The third-order valence-electron chi connectivity index (χ3n) is 7.29. The van der Waals surface area contributed by atoms with Crippen molar-refractivity contribution in [3.63, 3.8) is 0 Å². The van der Waals surface area contributed by atoms with Crippen molar-refractivity contribution in [1.29, 1.82) is 0 Å². The Kier molecular flexibility index (Phi) is 39.4. The number of nitrogens with zero attached hydrogens (tertiary/aromatic N) is 2. The number of ketones is 3. The fraction of sp³-hybridized carbons (Fsp3) is 0.811. The highest BCUT2D eigenvalue weighted by molar-refractivity contribution is 8.00. The minimum atomic E-state index is 0. The largest absolute Gasteiger partial charge is 0.299 e. The van der Waals surface area contributed by atoms with Crippen LogP contribution in [0, 0.1) is 6.92 Å². The summed E-state index contributed by atoms with van der Waals surface area (Å²) in [5.74, 6) is 0.879. The molecule has 1 aromatic rings. The highest BCUT2D eigenvalue weighted by atomic mass is 32.2. The molecule has 2 aliphatic heterocycles. The summed E-state index contributed by atoms with van der Waals surface area (Å²) >= 11 is 5.49. The topological polar surface area (TPSA) is 57.7 Å². The normalized spacial score (nSPS) is 15.0. The van der Waals surface area contributed by atoms with Crippen LogP contribution < -0.4 is 0 Å². The van der Waals surface area contributed by atoms with Crippen LogP contribution in [0.1, 0.15) is 131 Å². The highest BCUT2D eigenvalue weighted by Crippen LogP contribution is 2.15. The van der Waals surface area contributed by atoms with Gasteiger partial charge in [-0.15, -0.1) is 11.3 Å². The lowest BCUT2D eigenvalue weighted by Gasteiger charge is -2.24. The number of rotatable bonds is 11. The molecule has 0 amide bonds. The lowest BCUT2D eigenvalue weighted by Crippen LogP contribution is -2.33. The molecule has 268 valence electrons. The average molecular weight is 691 g/mol. The third-order valence-corrected chi connectivity index (χ3v) is 11.0. The molecule has 0 radical (unpaired) electrons. The van der Waals surface area contributed by atoms with Gasteiger partial charge in [-0.1, -0.05) is 55.4 Å². The Morgan fingerprint density at radius 3 is 1.29 bits per heavy atom. The Bertz CT molecular complexity index is 776. The second-order valence-corrected chi connectivity index (χ2v) is 14.9. The maximum absolute atomic E-state index is 10.7. The number of carbonyl (C=O) groups excluding carboxylic acids is 3. The predicted octanol–water partition coefficient (Wildman–Crippen LogP) is 10.3. The van der Waals surface area contributed by atoms with E-state index in [1.54, 1.807) is 32.5 Å². The molecule has 0 bridgehead atoms. The van der Waals surface area contributed by atoms with Gasteiger partial charge in [-0.05, 0) is 130 Å².